The minimum absolute atomic E-state index is 0.0449. The highest BCUT2D eigenvalue weighted by Crippen LogP contribution is 2.13. The van der Waals surface area contributed by atoms with Crippen LogP contribution in [-0.4, -0.2) is 39.5 Å². The molecule has 0 saturated carbocycles. The van der Waals surface area contributed by atoms with Gasteiger partial charge in [-0.25, -0.2) is 15.3 Å². The molecular weight excluding hydrogens is 256 g/mol. The minimum Gasteiger partial charge on any atom is -0.369 e. The van der Waals surface area contributed by atoms with Gasteiger partial charge in [0.1, 0.15) is 0 Å². The lowest BCUT2D eigenvalue weighted by Crippen LogP contribution is -2.42. The second-order valence-electron chi connectivity index (χ2n) is 5.15. The molecule has 0 atom stereocenters. The van der Waals surface area contributed by atoms with Crippen LogP contribution in [0.25, 0.3) is 0 Å². The maximum Gasteiger partial charge on any atom is 0.350 e. The molecule has 2 heterocycles. The zero-order chi connectivity index (χ0) is 14.7. The number of amides is 1. The molecule has 0 unspecified atom stereocenters. The van der Waals surface area contributed by atoms with E-state index in [9.17, 15) is 4.79 Å². The average molecular weight is 277 g/mol. The number of rotatable bonds is 2. The Kier molecular flexibility index (Phi) is 4.16. The fraction of sp³-hybridized carbons (Fsp3) is 0.538. The summed E-state index contributed by atoms with van der Waals surface area (Å²) in [7, 11) is 0. The molecule has 7 heteroatoms. The van der Waals surface area contributed by atoms with E-state index in [0.29, 0.717) is 25.0 Å². The maximum atomic E-state index is 11.1. The van der Waals surface area contributed by atoms with E-state index in [4.69, 9.17) is 11.5 Å². The fourth-order valence-electron chi connectivity index (χ4n) is 2.38. The summed E-state index contributed by atoms with van der Waals surface area (Å²) in [6, 6.07) is 1.90. The van der Waals surface area contributed by atoms with Gasteiger partial charge in [-0.2, -0.15) is 0 Å². The monoisotopic (exact) mass is 277 g/mol. The number of hydrogen-bond donors (Lipinski definition) is 3. The van der Waals surface area contributed by atoms with Gasteiger partial charge in [0.2, 0.25) is 5.91 Å². The standard InChI is InChI=1S/C13H20N6O/c1-8-7-9(2)17-13(16-8)18-12(15)19-5-3-10(4-6-19)11(14)20/h7,10H,3-6H2,1-2H3,(H4,14,15,16,17,18,20)/p+1. The highest BCUT2D eigenvalue weighted by Gasteiger charge is 2.24. The van der Waals surface area contributed by atoms with Gasteiger partial charge >= 0.3 is 5.96 Å². The summed E-state index contributed by atoms with van der Waals surface area (Å²) in [5, 5.41) is 3.02. The molecule has 1 aliphatic heterocycles. The third kappa shape index (κ3) is 3.43. The summed E-state index contributed by atoms with van der Waals surface area (Å²) in [6.45, 7) is 5.23. The predicted molar refractivity (Wildman–Crippen MR) is 76.2 cm³/mol. The van der Waals surface area contributed by atoms with Crippen molar-refractivity contribution in [3.63, 3.8) is 0 Å². The lowest BCUT2D eigenvalue weighted by molar-refractivity contribution is -0.540. The van der Waals surface area contributed by atoms with Crippen LogP contribution in [0.5, 0.6) is 0 Å². The van der Waals surface area contributed by atoms with Crippen molar-refractivity contribution in [1.29, 1.82) is 0 Å². The van der Waals surface area contributed by atoms with E-state index in [1.54, 1.807) is 0 Å². The van der Waals surface area contributed by atoms with Crippen molar-refractivity contribution in [2.75, 3.05) is 18.4 Å². The first-order valence-electron chi connectivity index (χ1n) is 6.71. The third-order valence-corrected chi connectivity index (χ3v) is 3.46. The van der Waals surface area contributed by atoms with Crippen molar-refractivity contribution in [2.24, 2.45) is 17.4 Å². The van der Waals surface area contributed by atoms with Crippen LogP contribution in [0.15, 0.2) is 6.07 Å². The predicted octanol–water partition coefficient (Wildman–Crippen LogP) is -0.272. The molecule has 1 aliphatic rings. The van der Waals surface area contributed by atoms with Gasteiger partial charge in [0, 0.05) is 17.3 Å². The van der Waals surface area contributed by atoms with Gasteiger partial charge in [-0.05, 0) is 32.8 Å². The SMILES string of the molecule is Cc1cc(C)nc(NC(N)=[N+]2CCC(C(N)=O)CC2)n1. The molecular formula is C13H21N6O+. The van der Waals surface area contributed by atoms with Crippen LogP contribution >= 0.6 is 0 Å². The molecule has 0 radical (unpaired) electrons. The van der Waals surface area contributed by atoms with Gasteiger partial charge < -0.3 is 5.73 Å². The van der Waals surface area contributed by atoms with E-state index < -0.39 is 0 Å². The zero-order valence-corrected chi connectivity index (χ0v) is 11.9. The lowest BCUT2D eigenvalue weighted by atomic mass is 9.97. The van der Waals surface area contributed by atoms with Gasteiger partial charge in [0.15, 0.2) is 0 Å². The number of primary amides is 1. The van der Waals surface area contributed by atoms with Crippen molar-refractivity contribution in [3.8, 4) is 0 Å². The third-order valence-electron chi connectivity index (χ3n) is 3.46. The Morgan fingerprint density at radius 3 is 2.30 bits per heavy atom. The number of aryl methyl sites for hydroxylation is 2. The topological polar surface area (TPSA) is 110 Å². The Labute approximate surface area is 118 Å². The van der Waals surface area contributed by atoms with Crippen molar-refractivity contribution < 1.29 is 9.37 Å². The summed E-state index contributed by atoms with van der Waals surface area (Å²) in [6.07, 6.45) is 1.46. The number of carbonyl (C=O) groups excluding carboxylic acids is 1. The Morgan fingerprint density at radius 2 is 1.80 bits per heavy atom. The van der Waals surface area contributed by atoms with E-state index in [1.807, 2.05) is 24.5 Å². The van der Waals surface area contributed by atoms with Crippen molar-refractivity contribution in [3.05, 3.63) is 17.5 Å². The van der Waals surface area contributed by atoms with E-state index >= 15 is 0 Å². The molecule has 0 bridgehead atoms. The quantitative estimate of drug-likeness (QED) is 0.509. The van der Waals surface area contributed by atoms with Crippen LogP contribution < -0.4 is 16.8 Å². The Morgan fingerprint density at radius 1 is 1.25 bits per heavy atom. The smallest absolute Gasteiger partial charge is 0.350 e. The number of nitrogens with zero attached hydrogens (tertiary/aromatic N) is 3. The molecule has 1 aromatic rings. The summed E-state index contributed by atoms with van der Waals surface area (Å²) < 4.78 is 1.99. The van der Waals surface area contributed by atoms with E-state index in [2.05, 4.69) is 15.3 Å². The molecule has 7 nitrogen and oxygen atoms in total. The molecule has 1 amide bonds. The van der Waals surface area contributed by atoms with Crippen LogP contribution in [0.3, 0.4) is 0 Å². The number of nitrogens with one attached hydrogen (secondary N) is 1. The lowest BCUT2D eigenvalue weighted by Gasteiger charge is -2.21. The summed E-state index contributed by atoms with van der Waals surface area (Å²) in [4.78, 5) is 19.7. The largest absolute Gasteiger partial charge is 0.369 e. The van der Waals surface area contributed by atoms with Crippen LogP contribution in [0.1, 0.15) is 24.2 Å². The van der Waals surface area contributed by atoms with Gasteiger partial charge in [-0.1, -0.05) is 0 Å². The minimum atomic E-state index is -0.228. The molecule has 2 rings (SSSR count). The van der Waals surface area contributed by atoms with Gasteiger partial charge in [0.05, 0.1) is 13.1 Å². The van der Waals surface area contributed by atoms with Crippen LogP contribution in [0.2, 0.25) is 0 Å². The molecule has 1 saturated heterocycles. The van der Waals surface area contributed by atoms with Crippen LogP contribution in [-0.2, 0) is 4.79 Å². The Bertz CT molecular complexity index is 524. The zero-order valence-electron chi connectivity index (χ0n) is 11.9. The number of nitrogens with two attached hydrogens (primary N) is 2. The molecule has 0 aliphatic carbocycles. The Hall–Kier alpha value is -2.18. The molecule has 1 fully saturated rings. The van der Waals surface area contributed by atoms with Crippen LogP contribution in [0, 0.1) is 19.8 Å². The second-order valence-corrected chi connectivity index (χ2v) is 5.15. The number of carbonyl (C=O) groups is 1. The van der Waals surface area contributed by atoms with Gasteiger partial charge in [0.25, 0.3) is 5.95 Å². The van der Waals surface area contributed by atoms with E-state index in [0.717, 1.165) is 24.2 Å². The van der Waals surface area contributed by atoms with E-state index in [-0.39, 0.29) is 11.8 Å². The second kappa shape index (κ2) is 5.85. The maximum absolute atomic E-state index is 11.1. The first-order chi connectivity index (χ1) is 9.45. The normalized spacial score (nSPS) is 18.7. The van der Waals surface area contributed by atoms with Crippen molar-refractivity contribution in [1.82, 2.24) is 9.97 Å². The number of hydrogen-bond acceptors (Lipinski definition) is 3. The summed E-state index contributed by atoms with van der Waals surface area (Å²) in [5.41, 5.74) is 13.1. The summed E-state index contributed by atoms with van der Waals surface area (Å²) >= 11 is 0. The van der Waals surface area contributed by atoms with Crippen LogP contribution in [0.4, 0.5) is 5.95 Å². The Balaban J connectivity index is 2.06. The number of piperidine rings is 1. The fourth-order valence-corrected chi connectivity index (χ4v) is 2.38. The van der Waals surface area contributed by atoms with Crippen molar-refractivity contribution >= 4 is 17.8 Å². The number of anilines is 1. The highest BCUT2D eigenvalue weighted by atomic mass is 16.1. The highest BCUT2D eigenvalue weighted by molar-refractivity contribution is 5.86. The van der Waals surface area contributed by atoms with Gasteiger partial charge in [-0.15, -0.1) is 0 Å². The summed E-state index contributed by atoms with van der Waals surface area (Å²) in [5.74, 6) is 0.736. The first kappa shape index (κ1) is 14.2. The van der Waals surface area contributed by atoms with E-state index in [1.165, 1.54) is 0 Å². The molecule has 0 aromatic carbocycles. The molecule has 108 valence electrons. The number of aromatic nitrogens is 2. The molecule has 5 N–H and O–H groups in total. The number of guanidine groups is 1. The molecule has 20 heavy (non-hydrogen) atoms. The van der Waals surface area contributed by atoms with Gasteiger partial charge in [-0.3, -0.25) is 15.1 Å². The van der Waals surface area contributed by atoms with Crippen molar-refractivity contribution in [2.45, 2.75) is 26.7 Å². The average Bonchev–Trinajstić information content (AvgIpc) is 2.37. The molecule has 1 aromatic heterocycles. The molecule has 0 spiro atoms. The first-order valence-corrected chi connectivity index (χ1v) is 6.71.